The van der Waals surface area contributed by atoms with Crippen molar-refractivity contribution in [2.24, 2.45) is 0 Å². The molecule has 0 aliphatic rings. The quantitative estimate of drug-likeness (QED) is 0.123. The SMILES string of the molecule is COc1ccc(-c2cccc(C(=O)N(C)Cc3ccccc3)c2)cc1S(=O)(=O)Nc1cccc(NCCNC(=O)c2cccc(C)c2)c1. The number of benzene rings is 5. The van der Waals surface area contributed by atoms with Gasteiger partial charge in [0, 0.05) is 43.5 Å². The fourth-order valence-corrected chi connectivity index (χ4v) is 6.47. The monoisotopic (exact) mass is 662 g/mol. The summed E-state index contributed by atoms with van der Waals surface area (Å²) in [5.41, 5.74) is 5.44. The highest BCUT2D eigenvalue weighted by atomic mass is 32.2. The standard InChI is InChI=1S/C38H38N4O5S/c1-27-10-7-14-31(22-27)37(43)40-21-20-39-33-16-9-17-34(25-33)41-48(45,46)36-24-30(18-19-35(36)47-3)29-13-8-15-32(23-29)38(44)42(2)26-28-11-5-4-6-12-28/h4-19,22-25,39,41H,20-21,26H2,1-3H3,(H,40,43). The number of amides is 2. The fraction of sp³-hybridized carbons (Fsp3) is 0.158. The third kappa shape index (κ3) is 8.59. The van der Waals surface area contributed by atoms with Crippen molar-refractivity contribution < 1.29 is 22.7 Å². The van der Waals surface area contributed by atoms with Gasteiger partial charge in [0.1, 0.15) is 10.6 Å². The van der Waals surface area contributed by atoms with Crippen LogP contribution in [0, 0.1) is 6.92 Å². The number of carbonyl (C=O) groups excluding carboxylic acids is 2. The zero-order chi connectivity index (χ0) is 34.1. The molecule has 0 heterocycles. The maximum Gasteiger partial charge on any atom is 0.265 e. The number of hydrogen-bond donors (Lipinski definition) is 3. The average Bonchev–Trinajstić information content (AvgIpc) is 3.10. The van der Waals surface area contributed by atoms with Gasteiger partial charge in [-0.25, -0.2) is 8.42 Å². The van der Waals surface area contributed by atoms with Crippen LogP contribution < -0.4 is 20.1 Å². The molecule has 0 saturated carbocycles. The van der Waals surface area contributed by atoms with E-state index in [1.165, 1.54) is 13.2 Å². The van der Waals surface area contributed by atoms with E-state index in [2.05, 4.69) is 15.4 Å². The number of hydrogen-bond acceptors (Lipinski definition) is 6. The molecule has 2 amide bonds. The molecule has 3 N–H and O–H groups in total. The lowest BCUT2D eigenvalue weighted by molar-refractivity contribution is 0.0785. The summed E-state index contributed by atoms with van der Waals surface area (Å²) in [6.07, 6.45) is 0. The van der Waals surface area contributed by atoms with Crippen molar-refractivity contribution in [2.75, 3.05) is 37.3 Å². The molecule has 0 radical (unpaired) electrons. The number of methoxy groups -OCH3 is 1. The minimum absolute atomic E-state index is 0.0438. The predicted octanol–water partition coefficient (Wildman–Crippen LogP) is 6.59. The van der Waals surface area contributed by atoms with E-state index in [1.807, 2.05) is 67.6 Å². The Morgan fingerprint density at radius 3 is 2.21 bits per heavy atom. The Labute approximate surface area is 281 Å². The number of nitrogens with one attached hydrogen (secondary N) is 3. The molecule has 0 aliphatic carbocycles. The molecule has 0 spiro atoms. The number of sulfonamides is 1. The summed E-state index contributed by atoms with van der Waals surface area (Å²) in [4.78, 5) is 27.3. The first-order valence-corrected chi connectivity index (χ1v) is 16.9. The molecule has 0 aromatic heterocycles. The number of nitrogens with zero attached hydrogens (tertiary/aromatic N) is 1. The Hall–Kier alpha value is -5.61. The van der Waals surface area contributed by atoms with Crippen LogP contribution in [-0.4, -0.2) is 52.4 Å². The lowest BCUT2D eigenvalue weighted by Crippen LogP contribution is -2.28. The molecule has 10 heteroatoms. The summed E-state index contributed by atoms with van der Waals surface area (Å²) in [6, 6.07) is 36.0. The maximum atomic E-state index is 13.7. The van der Waals surface area contributed by atoms with Crippen LogP contribution in [0.25, 0.3) is 11.1 Å². The van der Waals surface area contributed by atoms with Gasteiger partial charge >= 0.3 is 0 Å². The van der Waals surface area contributed by atoms with Crippen LogP contribution in [0.2, 0.25) is 0 Å². The van der Waals surface area contributed by atoms with Gasteiger partial charge in [-0.3, -0.25) is 14.3 Å². The molecule has 9 nitrogen and oxygen atoms in total. The maximum absolute atomic E-state index is 13.7. The minimum Gasteiger partial charge on any atom is -0.495 e. The molecule has 0 aliphatic heterocycles. The van der Waals surface area contributed by atoms with Gasteiger partial charge in [-0.2, -0.15) is 0 Å². The first-order valence-electron chi connectivity index (χ1n) is 15.4. The van der Waals surface area contributed by atoms with Crippen molar-refractivity contribution in [3.8, 4) is 16.9 Å². The summed E-state index contributed by atoms with van der Waals surface area (Å²) >= 11 is 0. The highest BCUT2D eigenvalue weighted by molar-refractivity contribution is 7.92. The van der Waals surface area contributed by atoms with E-state index < -0.39 is 10.0 Å². The smallest absolute Gasteiger partial charge is 0.265 e. The van der Waals surface area contributed by atoms with Crippen LogP contribution in [0.1, 0.15) is 31.8 Å². The fourth-order valence-electron chi connectivity index (χ4n) is 5.22. The second-order valence-corrected chi connectivity index (χ2v) is 13.0. The zero-order valence-corrected chi connectivity index (χ0v) is 27.9. The van der Waals surface area contributed by atoms with Crippen molar-refractivity contribution in [1.29, 1.82) is 0 Å². The van der Waals surface area contributed by atoms with E-state index in [0.29, 0.717) is 53.3 Å². The van der Waals surface area contributed by atoms with Crippen LogP contribution in [0.5, 0.6) is 5.75 Å². The topological polar surface area (TPSA) is 117 Å². The summed E-state index contributed by atoms with van der Waals surface area (Å²) in [5, 5.41) is 6.09. The van der Waals surface area contributed by atoms with Gasteiger partial charge in [-0.05, 0) is 78.2 Å². The summed E-state index contributed by atoms with van der Waals surface area (Å²) in [5.74, 6) is -0.127. The lowest BCUT2D eigenvalue weighted by atomic mass is 10.0. The third-order valence-electron chi connectivity index (χ3n) is 7.64. The van der Waals surface area contributed by atoms with E-state index >= 15 is 0 Å². The number of ether oxygens (including phenoxy) is 1. The van der Waals surface area contributed by atoms with Gasteiger partial charge in [0.25, 0.3) is 21.8 Å². The minimum atomic E-state index is -4.08. The molecule has 5 aromatic carbocycles. The molecule has 0 fully saturated rings. The van der Waals surface area contributed by atoms with E-state index in [9.17, 15) is 18.0 Å². The van der Waals surface area contributed by atoms with Crippen LogP contribution in [-0.2, 0) is 16.6 Å². The molecular weight excluding hydrogens is 625 g/mol. The van der Waals surface area contributed by atoms with Crippen molar-refractivity contribution in [3.63, 3.8) is 0 Å². The highest BCUT2D eigenvalue weighted by Crippen LogP contribution is 2.32. The van der Waals surface area contributed by atoms with E-state index in [0.717, 1.165) is 11.1 Å². The Morgan fingerprint density at radius 2 is 1.44 bits per heavy atom. The molecule has 0 bridgehead atoms. The zero-order valence-electron chi connectivity index (χ0n) is 27.1. The van der Waals surface area contributed by atoms with E-state index in [4.69, 9.17) is 4.74 Å². The number of carbonyl (C=O) groups is 2. The van der Waals surface area contributed by atoms with Gasteiger partial charge in [0.15, 0.2) is 0 Å². The Balaban J connectivity index is 1.27. The Kier molecular flexibility index (Phi) is 10.8. The largest absolute Gasteiger partial charge is 0.495 e. The number of rotatable bonds is 13. The second kappa shape index (κ2) is 15.3. The molecule has 0 saturated heterocycles. The normalized spacial score (nSPS) is 11.0. The molecular formula is C38H38N4O5S. The summed E-state index contributed by atoms with van der Waals surface area (Å²) < 4.78 is 35.5. The van der Waals surface area contributed by atoms with E-state index in [1.54, 1.807) is 66.5 Å². The average molecular weight is 663 g/mol. The van der Waals surface area contributed by atoms with Gasteiger partial charge in [0.05, 0.1) is 12.8 Å². The molecule has 246 valence electrons. The van der Waals surface area contributed by atoms with Gasteiger partial charge < -0.3 is 20.3 Å². The van der Waals surface area contributed by atoms with Crippen molar-refractivity contribution in [3.05, 3.63) is 144 Å². The number of aryl methyl sites for hydroxylation is 1. The van der Waals surface area contributed by atoms with Crippen LogP contribution in [0.4, 0.5) is 11.4 Å². The first kappa shape index (κ1) is 33.7. The Bertz CT molecular complexity index is 2020. The third-order valence-corrected chi connectivity index (χ3v) is 9.04. The molecule has 5 rings (SSSR count). The highest BCUT2D eigenvalue weighted by Gasteiger charge is 2.22. The predicted molar refractivity (Wildman–Crippen MR) is 190 cm³/mol. The molecule has 48 heavy (non-hydrogen) atoms. The second-order valence-electron chi connectivity index (χ2n) is 11.3. The molecule has 5 aromatic rings. The van der Waals surface area contributed by atoms with Crippen molar-refractivity contribution >= 4 is 33.2 Å². The van der Waals surface area contributed by atoms with Crippen LogP contribution in [0.3, 0.4) is 0 Å². The Morgan fingerprint density at radius 1 is 0.729 bits per heavy atom. The summed E-state index contributed by atoms with van der Waals surface area (Å²) in [7, 11) is -0.918. The number of anilines is 2. The van der Waals surface area contributed by atoms with E-state index in [-0.39, 0.29) is 22.5 Å². The molecule has 0 unspecified atom stereocenters. The van der Waals surface area contributed by atoms with Crippen molar-refractivity contribution in [2.45, 2.75) is 18.4 Å². The lowest BCUT2D eigenvalue weighted by Gasteiger charge is -2.18. The summed E-state index contributed by atoms with van der Waals surface area (Å²) in [6.45, 7) is 3.21. The van der Waals surface area contributed by atoms with Crippen LogP contribution >= 0.6 is 0 Å². The first-order chi connectivity index (χ1) is 23.1. The van der Waals surface area contributed by atoms with Crippen LogP contribution in [0.15, 0.2) is 126 Å². The van der Waals surface area contributed by atoms with Gasteiger partial charge in [-0.15, -0.1) is 0 Å². The van der Waals surface area contributed by atoms with Gasteiger partial charge in [-0.1, -0.05) is 72.3 Å². The van der Waals surface area contributed by atoms with Crippen molar-refractivity contribution in [1.82, 2.24) is 10.2 Å². The van der Waals surface area contributed by atoms with Gasteiger partial charge in [0.2, 0.25) is 0 Å². The molecule has 0 atom stereocenters.